The molecule has 2 aliphatic heterocycles. The van der Waals surface area contributed by atoms with Crippen LogP contribution in [0, 0.1) is 5.92 Å². The van der Waals surface area contributed by atoms with E-state index in [0.717, 1.165) is 67.6 Å². The van der Waals surface area contributed by atoms with Crippen LogP contribution in [0.4, 0.5) is 30.2 Å². The lowest BCUT2D eigenvalue weighted by molar-refractivity contribution is -0.137. The number of rotatable bonds is 11. The van der Waals surface area contributed by atoms with E-state index in [1.54, 1.807) is 6.07 Å². The summed E-state index contributed by atoms with van der Waals surface area (Å²) in [5, 5.41) is 0.668. The minimum absolute atomic E-state index is 0.171. The highest BCUT2D eigenvalue weighted by molar-refractivity contribution is 7.99. The molecular weight excluding hydrogens is 602 g/mol. The zero-order valence-electron chi connectivity index (χ0n) is 25.6. The topological polar surface area (TPSA) is 22.2 Å². The van der Waals surface area contributed by atoms with Crippen LogP contribution in [0.25, 0.3) is 0 Å². The quantitative estimate of drug-likeness (QED) is 0.198. The number of ether oxygens (including phenoxy) is 1. The fraction of sp³-hybridized carbons (Fsp3) is 0.441. The number of hydrogen-bond donors (Lipinski definition) is 0. The molecule has 44 heavy (non-hydrogen) atoms. The van der Waals surface area contributed by atoms with Gasteiger partial charge in [0.15, 0.2) is 5.05 Å². The fourth-order valence-corrected chi connectivity index (χ4v) is 6.96. The molecule has 0 radical (unpaired) electrons. The van der Waals surface area contributed by atoms with Crippen molar-refractivity contribution < 1.29 is 17.9 Å². The van der Waals surface area contributed by atoms with Gasteiger partial charge in [-0.05, 0) is 79.6 Å². The highest BCUT2D eigenvalue weighted by Gasteiger charge is 2.33. The second kappa shape index (κ2) is 14.5. The molecule has 0 N–H and O–H groups in total. The third-order valence-electron chi connectivity index (χ3n) is 8.32. The van der Waals surface area contributed by atoms with Crippen molar-refractivity contribution in [2.45, 2.75) is 35.7 Å². The summed E-state index contributed by atoms with van der Waals surface area (Å²) in [6.45, 7) is 8.98. The Morgan fingerprint density at radius 2 is 1.55 bits per heavy atom. The first kappa shape index (κ1) is 32.6. The second-order valence-corrected chi connectivity index (χ2v) is 13.3. The number of benzene rings is 3. The Balaban J connectivity index is 1.05. The SMILES string of the molecule is CC(Cc1ccc(N(C)C)cc1)C(=S)OCCN1CCN(CCCN2c3ccccc3Sc3ccc(C(F)(F)F)cc32)CC1. The van der Waals surface area contributed by atoms with E-state index in [9.17, 15) is 13.2 Å². The van der Waals surface area contributed by atoms with Crippen LogP contribution >= 0.6 is 24.0 Å². The maximum Gasteiger partial charge on any atom is 0.416 e. The number of anilines is 3. The predicted molar refractivity (Wildman–Crippen MR) is 179 cm³/mol. The third-order valence-corrected chi connectivity index (χ3v) is 9.97. The van der Waals surface area contributed by atoms with Crippen LogP contribution in [-0.2, 0) is 17.3 Å². The highest BCUT2D eigenvalue weighted by atomic mass is 32.2. The van der Waals surface area contributed by atoms with Crippen LogP contribution in [-0.4, -0.2) is 81.4 Å². The van der Waals surface area contributed by atoms with Crippen LogP contribution in [0.15, 0.2) is 76.5 Å². The molecule has 1 atom stereocenters. The van der Waals surface area contributed by atoms with E-state index in [4.69, 9.17) is 17.0 Å². The van der Waals surface area contributed by atoms with Gasteiger partial charge in [-0.1, -0.05) is 43.0 Å². The highest BCUT2D eigenvalue weighted by Crippen LogP contribution is 2.49. The summed E-state index contributed by atoms with van der Waals surface area (Å²) in [5.41, 5.74) is 3.45. The summed E-state index contributed by atoms with van der Waals surface area (Å²) in [5.74, 6) is 0.171. The molecule has 0 spiro atoms. The number of thiocarbonyl (C=S) groups is 1. The molecule has 0 bridgehead atoms. The van der Waals surface area contributed by atoms with Gasteiger partial charge in [0.05, 0.1) is 16.9 Å². The summed E-state index contributed by atoms with van der Waals surface area (Å²) in [6.07, 6.45) is -2.64. The van der Waals surface area contributed by atoms with Gasteiger partial charge in [-0.3, -0.25) is 4.90 Å². The van der Waals surface area contributed by atoms with E-state index in [1.807, 2.05) is 38.4 Å². The standard InChI is InChI=1S/C34H41F3N4OS2/c1-25(23-26-9-12-28(13-10-26)38(2)3)33(43)42-22-21-40-19-17-39(18-20-40)15-6-16-41-29-7-4-5-8-31(29)44-32-14-11-27(24-30(32)41)34(35,36)37/h4-5,7-14,24-25H,6,15-23H2,1-3H3. The summed E-state index contributed by atoms with van der Waals surface area (Å²) >= 11 is 7.12. The molecule has 0 saturated carbocycles. The molecule has 0 amide bonds. The molecule has 0 aromatic heterocycles. The van der Waals surface area contributed by atoms with Gasteiger partial charge in [-0.2, -0.15) is 13.2 Å². The minimum atomic E-state index is -4.37. The number of alkyl halides is 3. The van der Waals surface area contributed by atoms with Crippen molar-refractivity contribution in [3.8, 4) is 0 Å². The molecule has 5 nitrogen and oxygen atoms in total. The van der Waals surface area contributed by atoms with E-state index >= 15 is 0 Å². The van der Waals surface area contributed by atoms with Gasteiger partial charge < -0.3 is 19.4 Å². The van der Waals surface area contributed by atoms with Gasteiger partial charge in [0.1, 0.15) is 6.61 Å². The summed E-state index contributed by atoms with van der Waals surface area (Å²) < 4.78 is 46.5. The third kappa shape index (κ3) is 8.27. The van der Waals surface area contributed by atoms with Crippen molar-refractivity contribution in [1.29, 1.82) is 0 Å². The Labute approximate surface area is 269 Å². The van der Waals surface area contributed by atoms with Crippen LogP contribution in [0.3, 0.4) is 0 Å². The molecule has 2 heterocycles. The van der Waals surface area contributed by atoms with Crippen LogP contribution in [0.5, 0.6) is 0 Å². The molecule has 236 valence electrons. The predicted octanol–water partition coefficient (Wildman–Crippen LogP) is 7.60. The first-order valence-corrected chi connectivity index (χ1v) is 16.4. The molecule has 2 aliphatic rings. The van der Waals surface area contributed by atoms with E-state index in [-0.39, 0.29) is 5.92 Å². The molecule has 1 fully saturated rings. The van der Waals surface area contributed by atoms with Crippen molar-refractivity contribution in [2.75, 3.05) is 76.3 Å². The molecule has 0 aliphatic carbocycles. The van der Waals surface area contributed by atoms with Gasteiger partial charge in [0.2, 0.25) is 0 Å². The van der Waals surface area contributed by atoms with Gasteiger partial charge in [0, 0.05) is 74.8 Å². The van der Waals surface area contributed by atoms with Crippen LogP contribution in [0.1, 0.15) is 24.5 Å². The molecule has 3 aromatic rings. The monoisotopic (exact) mass is 642 g/mol. The Morgan fingerprint density at radius 1 is 0.886 bits per heavy atom. The maximum absolute atomic E-state index is 13.5. The molecule has 10 heteroatoms. The van der Waals surface area contributed by atoms with Crippen LogP contribution in [0.2, 0.25) is 0 Å². The number of piperazine rings is 1. The molecule has 1 unspecified atom stereocenters. The zero-order valence-corrected chi connectivity index (χ0v) is 27.3. The Bertz CT molecular complexity index is 1410. The zero-order chi connectivity index (χ0) is 31.3. The van der Waals surface area contributed by atoms with Gasteiger partial charge in [-0.25, -0.2) is 0 Å². The van der Waals surface area contributed by atoms with Crippen LogP contribution < -0.4 is 9.80 Å². The normalized spacial score (nSPS) is 16.3. The molecular formula is C34H41F3N4OS2. The van der Waals surface area contributed by atoms with E-state index < -0.39 is 11.7 Å². The van der Waals surface area contributed by atoms with Crippen molar-refractivity contribution in [2.24, 2.45) is 5.92 Å². The minimum Gasteiger partial charge on any atom is -0.485 e. The fourth-order valence-electron chi connectivity index (χ4n) is 5.72. The summed E-state index contributed by atoms with van der Waals surface area (Å²) in [6, 6.07) is 20.6. The lowest BCUT2D eigenvalue weighted by atomic mass is 10.0. The van der Waals surface area contributed by atoms with Gasteiger partial charge >= 0.3 is 6.18 Å². The number of fused-ring (bicyclic) bond motifs is 2. The van der Waals surface area contributed by atoms with Crippen molar-refractivity contribution >= 4 is 46.1 Å². The molecule has 3 aromatic carbocycles. The number of halogens is 3. The maximum atomic E-state index is 13.5. The van der Waals surface area contributed by atoms with Crippen molar-refractivity contribution in [3.63, 3.8) is 0 Å². The first-order valence-electron chi connectivity index (χ1n) is 15.2. The smallest absolute Gasteiger partial charge is 0.416 e. The Morgan fingerprint density at radius 3 is 2.23 bits per heavy atom. The largest absolute Gasteiger partial charge is 0.485 e. The lowest BCUT2D eigenvalue weighted by Gasteiger charge is -2.36. The number of hydrogen-bond acceptors (Lipinski definition) is 7. The number of para-hydroxylation sites is 1. The Kier molecular flexibility index (Phi) is 10.8. The van der Waals surface area contributed by atoms with Gasteiger partial charge in [0.25, 0.3) is 0 Å². The van der Waals surface area contributed by atoms with Crippen molar-refractivity contribution in [3.05, 3.63) is 77.9 Å². The van der Waals surface area contributed by atoms with E-state index in [0.29, 0.717) is 23.9 Å². The molecule has 5 rings (SSSR count). The molecule has 1 saturated heterocycles. The van der Waals surface area contributed by atoms with Crippen molar-refractivity contribution in [1.82, 2.24) is 9.80 Å². The number of nitrogens with zero attached hydrogens (tertiary/aromatic N) is 4. The Hall–Kier alpha value is -2.79. The average molecular weight is 643 g/mol. The summed E-state index contributed by atoms with van der Waals surface area (Å²) in [7, 11) is 4.08. The first-order chi connectivity index (χ1) is 21.1. The summed E-state index contributed by atoms with van der Waals surface area (Å²) in [4.78, 5) is 10.9. The second-order valence-electron chi connectivity index (χ2n) is 11.8. The average Bonchev–Trinajstić information content (AvgIpc) is 3.01. The lowest BCUT2D eigenvalue weighted by Crippen LogP contribution is -2.47. The van der Waals surface area contributed by atoms with Gasteiger partial charge in [-0.15, -0.1) is 0 Å². The van der Waals surface area contributed by atoms with E-state index in [2.05, 4.69) is 50.8 Å². The van der Waals surface area contributed by atoms with E-state index in [1.165, 1.54) is 35.1 Å².